The summed E-state index contributed by atoms with van der Waals surface area (Å²) in [7, 11) is 0. The van der Waals surface area contributed by atoms with E-state index in [0.29, 0.717) is 13.1 Å². The number of nitrogens with zero attached hydrogens (tertiary/aromatic N) is 2. The number of hydrogen-bond acceptors (Lipinski definition) is 4. The van der Waals surface area contributed by atoms with Gasteiger partial charge in [-0.1, -0.05) is 26.0 Å². The summed E-state index contributed by atoms with van der Waals surface area (Å²) in [6, 6.07) is 7.74. The first kappa shape index (κ1) is 18.7. The van der Waals surface area contributed by atoms with Gasteiger partial charge in [-0.25, -0.2) is 9.78 Å². The number of oxazole rings is 1. The van der Waals surface area contributed by atoms with Gasteiger partial charge in [-0.3, -0.25) is 0 Å². The molecule has 2 amide bonds. The van der Waals surface area contributed by atoms with Crippen molar-refractivity contribution in [1.29, 1.82) is 0 Å². The van der Waals surface area contributed by atoms with Crippen molar-refractivity contribution in [2.75, 3.05) is 26.2 Å². The van der Waals surface area contributed by atoms with Crippen LogP contribution in [0.3, 0.4) is 0 Å². The number of benzene rings is 1. The largest absolute Gasteiger partial charge is 0.440 e. The second kappa shape index (κ2) is 8.08. The molecule has 2 heterocycles. The lowest BCUT2D eigenvalue weighted by molar-refractivity contribution is 0.146. The van der Waals surface area contributed by atoms with Crippen LogP contribution in [-0.4, -0.2) is 47.3 Å². The van der Waals surface area contributed by atoms with Crippen molar-refractivity contribution in [3.8, 4) is 0 Å². The summed E-state index contributed by atoms with van der Waals surface area (Å²) >= 11 is 0. The minimum absolute atomic E-state index is 0.0207. The van der Waals surface area contributed by atoms with Crippen LogP contribution < -0.4 is 5.32 Å². The van der Waals surface area contributed by atoms with E-state index in [1.54, 1.807) is 0 Å². The summed E-state index contributed by atoms with van der Waals surface area (Å²) in [5, 5.41) is 12.3. The van der Waals surface area contributed by atoms with Gasteiger partial charge < -0.3 is 19.7 Å². The lowest BCUT2D eigenvalue weighted by atomic mass is 9.89. The highest BCUT2D eigenvalue weighted by Gasteiger charge is 2.28. The van der Waals surface area contributed by atoms with E-state index in [1.807, 2.05) is 43.0 Å². The highest BCUT2D eigenvalue weighted by atomic mass is 16.3. The first-order valence-corrected chi connectivity index (χ1v) is 9.48. The Balaban J connectivity index is 1.52. The third kappa shape index (κ3) is 4.55. The third-order valence-corrected chi connectivity index (χ3v) is 5.10. The normalized spacial score (nSPS) is 18.3. The van der Waals surface area contributed by atoms with Gasteiger partial charge in [-0.15, -0.1) is 0 Å². The summed E-state index contributed by atoms with van der Waals surface area (Å²) in [6.45, 7) is 6.27. The van der Waals surface area contributed by atoms with Crippen LogP contribution in [-0.2, 0) is 0 Å². The van der Waals surface area contributed by atoms with Crippen molar-refractivity contribution in [3.63, 3.8) is 0 Å². The average Bonchev–Trinajstić information content (AvgIpc) is 3.09. The van der Waals surface area contributed by atoms with Crippen LogP contribution in [0.15, 0.2) is 28.7 Å². The predicted octanol–water partition coefficient (Wildman–Crippen LogP) is 3.52. The molecular weight excluding hydrogens is 330 g/mol. The Morgan fingerprint density at radius 1 is 1.42 bits per heavy atom. The highest BCUT2D eigenvalue weighted by Crippen LogP contribution is 2.29. The van der Waals surface area contributed by atoms with Crippen LogP contribution in [0.2, 0.25) is 0 Å². The van der Waals surface area contributed by atoms with Gasteiger partial charge >= 0.3 is 6.03 Å². The first-order chi connectivity index (χ1) is 12.5. The van der Waals surface area contributed by atoms with Crippen molar-refractivity contribution in [2.24, 2.45) is 5.41 Å². The van der Waals surface area contributed by atoms with E-state index in [2.05, 4.69) is 10.3 Å². The van der Waals surface area contributed by atoms with E-state index in [-0.39, 0.29) is 24.0 Å². The molecule has 1 saturated heterocycles. The third-order valence-electron chi connectivity index (χ3n) is 5.10. The molecule has 0 aliphatic carbocycles. The molecule has 142 valence electrons. The molecule has 0 spiro atoms. The van der Waals surface area contributed by atoms with E-state index in [9.17, 15) is 9.90 Å². The number of carbonyl (C=O) groups is 1. The molecule has 6 nitrogen and oxygen atoms in total. The number of para-hydroxylation sites is 2. The molecule has 2 N–H and O–H groups in total. The number of aliphatic hydroxyl groups is 1. The van der Waals surface area contributed by atoms with E-state index in [0.717, 1.165) is 49.2 Å². The van der Waals surface area contributed by atoms with E-state index in [4.69, 9.17) is 4.42 Å². The monoisotopic (exact) mass is 359 g/mol. The molecule has 1 aliphatic rings. The number of piperidine rings is 1. The highest BCUT2D eigenvalue weighted by molar-refractivity contribution is 5.74. The van der Waals surface area contributed by atoms with Gasteiger partial charge in [-0.2, -0.15) is 0 Å². The Kier molecular flexibility index (Phi) is 5.81. The number of aliphatic hydroxyl groups excluding tert-OH is 1. The molecule has 1 fully saturated rings. The van der Waals surface area contributed by atoms with Crippen LogP contribution in [0, 0.1) is 5.41 Å². The molecule has 1 unspecified atom stereocenters. The summed E-state index contributed by atoms with van der Waals surface area (Å²) < 4.78 is 5.89. The van der Waals surface area contributed by atoms with Crippen molar-refractivity contribution in [1.82, 2.24) is 15.2 Å². The molecular formula is C20H29N3O3. The molecule has 0 bridgehead atoms. The molecule has 0 saturated carbocycles. The number of nitrogens with one attached hydrogen (secondary N) is 1. The summed E-state index contributed by atoms with van der Waals surface area (Å²) in [6.07, 6.45) is 3.69. The molecule has 0 radical (unpaired) electrons. The zero-order chi connectivity index (χ0) is 18.6. The van der Waals surface area contributed by atoms with Crippen molar-refractivity contribution in [3.05, 3.63) is 30.2 Å². The van der Waals surface area contributed by atoms with Crippen molar-refractivity contribution < 1.29 is 14.3 Å². The number of hydrogen-bond donors (Lipinski definition) is 2. The van der Waals surface area contributed by atoms with Gasteiger partial charge in [0.05, 0.1) is 5.92 Å². The van der Waals surface area contributed by atoms with Gasteiger partial charge in [0.25, 0.3) is 0 Å². The van der Waals surface area contributed by atoms with Gasteiger partial charge in [0.15, 0.2) is 11.5 Å². The van der Waals surface area contributed by atoms with Crippen LogP contribution >= 0.6 is 0 Å². The number of urea groups is 1. The SMILES string of the molecule is CC(C)(CO)CCCNC(=O)N1CCCC(c2nc3ccccc3o2)C1. The Labute approximate surface area is 154 Å². The average molecular weight is 359 g/mol. The maximum Gasteiger partial charge on any atom is 0.317 e. The minimum atomic E-state index is -0.0894. The first-order valence-electron chi connectivity index (χ1n) is 9.48. The maximum absolute atomic E-state index is 12.5. The van der Waals surface area contributed by atoms with Gasteiger partial charge in [0.1, 0.15) is 5.52 Å². The lowest BCUT2D eigenvalue weighted by Gasteiger charge is -2.31. The molecule has 1 aromatic carbocycles. The van der Waals surface area contributed by atoms with E-state index >= 15 is 0 Å². The summed E-state index contributed by atoms with van der Waals surface area (Å²) in [5.41, 5.74) is 1.58. The predicted molar refractivity (Wildman–Crippen MR) is 101 cm³/mol. The molecule has 2 aromatic rings. The van der Waals surface area contributed by atoms with Crippen LogP contribution in [0.1, 0.15) is 51.3 Å². The topological polar surface area (TPSA) is 78.6 Å². The Morgan fingerprint density at radius 3 is 3.00 bits per heavy atom. The van der Waals surface area contributed by atoms with Crippen molar-refractivity contribution in [2.45, 2.75) is 45.4 Å². The minimum Gasteiger partial charge on any atom is -0.440 e. The Hall–Kier alpha value is -2.08. The number of aromatic nitrogens is 1. The summed E-state index contributed by atoms with van der Waals surface area (Å²) in [5.74, 6) is 0.878. The number of carbonyl (C=O) groups excluding carboxylic acids is 1. The van der Waals surface area contributed by atoms with E-state index in [1.165, 1.54) is 0 Å². The number of fused-ring (bicyclic) bond motifs is 1. The zero-order valence-corrected chi connectivity index (χ0v) is 15.7. The summed E-state index contributed by atoms with van der Waals surface area (Å²) in [4.78, 5) is 18.9. The molecule has 1 atom stereocenters. The fourth-order valence-corrected chi connectivity index (χ4v) is 3.38. The van der Waals surface area contributed by atoms with Crippen LogP contribution in [0.5, 0.6) is 0 Å². The maximum atomic E-state index is 12.5. The van der Waals surface area contributed by atoms with Gasteiger partial charge in [-0.05, 0) is 43.2 Å². The molecule has 1 aliphatic heterocycles. The second-order valence-corrected chi connectivity index (χ2v) is 7.96. The quantitative estimate of drug-likeness (QED) is 0.774. The number of amides is 2. The Bertz CT molecular complexity index is 708. The molecule has 3 rings (SSSR count). The lowest BCUT2D eigenvalue weighted by Crippen LogP contribution is -2.45. The molecule has 26 heavy (non-hydrogen) atoms. The Morgan fingerprint density at radius 2 is 2.23 bits per heavy atom. The zero-order valence-electron chi connectivity index (χ0n) is 15.7. The molecule has 1 aromatic heterocycles. The fourth-order valence-electron chi connectivity index (χ4n) is 3.38. The smallest absolute Gasteiger partial charge is 0.317 e. The fraction of sp³-hybridized carbons (Fsp3) is 0.600. The van der Waals surface area contributed by atoms with E-state index < -0.39 is 0 Å². The number of likely N-dealkylation sites (tertiary alicyclic amines) is 1. The van der Waals surface area contributed by atoms with Crippen LogP contribution in [0.25, 0.3) is 11.1 Å². The van der Waals surface area contributed by atoms with Crippen LogP contribution in [0.4, 0.5) is 4.79 Å². The standard InChI is InChI=1S/C20H29N3O3/c1-20(2,14-24)10-6-11-21-19(25)23-12-5-7-15(13-23)18-22-16-8-3-4-9-17(16)26-18/h3-4,8-9,15,24H,5-7,10-14H2,1-2H3,(H,21,25). The van der Waals surface area contributed by atoms with Crippen molar-refractivity contribution >= 4 is 17.1 Å². The van der Waals surface area contributed by atoms with Gasteiger partial charge in [0, 0.05) is 26.2 Å². The molecule has 6 heteroatoms. The second-order valence-electron chi connectivity index (χ2n) is 7.96. The van der Waals surface area contributed by atoms with Gasteiger partial charge in [0.2, 0.25) is 0 Å². The number of rotatable bonds is 6.